The molecular weight excluding hydrogens is 666 g/mol. The number of hydrogen-bond acceptors (Lipinski definition) is 12. The fourth-order valence-electron chi connectivity index (χ4n) is 5.23. The van der Waals surface area contributed by atoms with Gasteiger partial charge in [0.05, 0.1) is 12.5 Å². The summed E-state index contributed by atoms with van der Waals surface area (Å²) in [5.41, 5.74) is -0.536. The van der Waals surface area contributed by atoms with E-state index in [4.69, 9.17) is 9.15 Å². The number of nitrogens with one attached hydrogen (secondary N) is 3. The Morgan fingerprint density at radius 1 is 1.02 bits per heavy atom. The fraction of sp³-hybridized carbons (Fsp3) is 0.290. The Balaban J connectivity index is 1.27. The second kappa shape index (κ2) is 14.1. The highest BCUT2D eigenvalue weighted by molar-refractivity contribution is 8.00. The Morgan fingerprint density at radius 2 is 1.73 bits per heavy atom. The maximum atomic E-state index is 13.5. The van der Waals surface area contributed by atoms with Crippen LogP contribution in [-0.2, 0) is 35.3 Å². The van der Waals surface area contributed by atoms with Crippen LogP contribution >= 0.6 is 11.8 Å². The van der Waals surface area contributed by atoms with Crippen LogP contribution < -0.4 is 32.0 Å². The second-order valence-corrected chi connectivity index (χ2v) is 12.0. The SMILES string of the molecule is COC(=O)Oc1cccc2c(=O)n(CC(=O)NC(C)C(=O)N[C@@H](C(=O)N[C@@H]3C(=O)N4C(C(=O)O)=C(C)CSC34)c3ccccc3)c(=O)oc12. The second-order valence-electron chi connectivity index (χ2n) is 10.9. The van der Waals surface area contributed by atoms with E-state index in [1.54, 1.807) is 37.3 Å². The fourth-order valence-corrected chi connectivity index (χ4v) is 6.52. The van der Waals surface area contributed by atoms with E-state index in [2.05, 4.69) is 20.7 Å². The lowest BCUT2D eigenvalue weighted by atomic mass is 10.0. The molecule has 0 radical (unpaired) electrons. The standard InChI is InChI=1S/C31H29N5O12S/c1-14-13-49-28-21(27(41)36(28)22(14)29(42)43)34-25(39)20(16-8-5-4-6-9-16)33-24(38)15(2)32-19(37)12-35-26(40)17-10-7-11-18(47-31(45)46-3)23(17)48-30(35)44/h4-11,15,20-21,28H,12-13H2,1-3H3,(H,32,37)(H,33,38)(H,34,39)(H,42,43)/t15?,20-,21-,28?/m1/s1. The highest BCUT2D eigenvalue weighted by Crippen LogP contribution is 2.40. The first kappa shape index (κ1) is 34.4. The van der Waals surface area contributed by atoms with E-state index < -0.39 is 77.1 Å². The number of para-hydroxylation sites is 1. The van der Waals surface area contributed by atoms with Gasteiger partial charge in [-0.05, 0) is 37.1 Å². The Hall–Kier alpha value is -5.91. The summed E-state index contributed by atoms with van der Waals surface area (Å²) >= 11 is 1.29. The molecular formula is C31H29N5O12S. The molecule has 0 aliphatic carbocycles. The van der Waals surface area contributed by atoms with Gasteiger partial charge in [-0.1, -0.05) is 36.4 Å². The molecule has 1 saturated heterocycles. The van der Waals surface area contributed by atoms with Crippen LogP contribution in [0, 0.1) is 0 Å². The van der Waals surface area contributed by atoms with Crippen molar-refractivity contribution in [3.63, 3.8) is 0 Å². The van der Waals surface area contributed by atoms with Gasteiger partial charge in [0.1, 0.15) is 35.7 Å². The van der Waals surface area contributed by atoms with Gasteiger partial charge in [0.15, 0.2) is 11.3 Å². The van der Waals surface area contributed by atoms with Crippen molar-refractivity contribution in [1.29, 1.82) is 0 Å². The first-order chi connectivity index (χ1) is 23.3. The summed E-state index contributed by atoms with van der Waals surface area (Å²) in [6.45, 7) is 2.08. The summed E-state index contributed by atoms with van der Waals surface area (Å²) in [5, 5.41) is 16.3. The van der Waals surface area contributed by atoms with E-state index in [9.17, 15) is 43.5 Å². The number of β-lactam (4-membered cyclic amide) rings is 1. The van der Waals surface area contributed by atoms with E-state index in [1.165, 1.54) is 36.9 Å². The number of nitrogens with zero attached hydrogens (tertiary/aromatic N) is 2. The number of carboxylic acid groups (broad SMARTS) is 1. The van der Waals surface area contributed by atoms with Gasteiger partial charge in [-0.25, -0.2) is 19.0 Å². The van der Waals surface area contributed by atoms with Gasteiger partial charge in [0, 0.05) is 5.75 Å². The van der Waals surface area contributed by atoms with Crippen LogP contribution in [0.2, 0.25) is 0 Å². The molecule has 256 valence electrons. The Kier molecular flexibility index (Phi) is 9.88. The first-order valence-electron chi connectivity index (χ1n) is 14.6. The number of methoxy groups -OCH3 is 1. The molecule has 0 saturated carbocycles. The first-order valence-corrected chi connectivity index (χ1v) is 15.6. The molecule has 1 fully saturated rings. The average molecular weight is 696 g/mol. The number of aromatic nitrogens is 1. The summed E-state index contributed by atoms with van der Waals surface area (Å²) in [5.74, 6) is -5.52. The quantitative estimate of drug-likeness (QED) is 0.126. The van der Waals surface area contributed by atoms with Gasteiger partial charge < -0.3 is 34.9 Å². The highest BCUT2D eigenvalue weighted by Gasteiger charge is 2.54. The molecule has 4 atom stereocenters. The molecule has 2 aliphatic rings. The lowest BCUT2D eigenvalue weighted by Gasteiger charge is -2.49. The molecule has 2 aromatic carbocycles. The molecule has 0 spiro atoms. The van der Waals surface area contributed by atoms with Crippen LogP contribution in [0.3, 0.4) is 0 Å². The Labute approximate surface area is 280 Å². The summed E-state index contributed by atoms with van der Waals surface area (Å²) in [6, 6.07) is 8.34. The Morgan fingerprint density at radius 3 is 2.41 bits per heavy atom. The number of carbonyl (C=O) groups is 6. The van der Waals surface area contributed by atoms with Crippen molar-refractivity contribution < 1.29 is 47.8 Å². The maximum absolute atomic E-state index is 13.5. The van der Waals surface area contributed by atoms with Crippen LogP contribution in [0.1, 0.15) is 25.5 Å². The van der Waals surface area contributed by atoms with Crippen LogP contribution in [0.15, 0.2) is 73.8 Å². The van der Waals surface area contributed by atoms with Crippen molar-refractivity contribution in [2.24, 2.45) is 0 Å². The zero-order valence-corrected chi connectivity index (χ0v) is 26.9. The predicted molar refractivity (Wildman–Crippen MR) is 170 cm³/mol. The third kappa shape index (κ3) is 6.89. The average Bonchev–Trinajstić information content (AvgIpc) is 3.08. The lowest BCUT2D eigenvalue weighted by Crippen LogP contribution is -2.71. The van der Waals surface area contributed by atoms with E-state index in [0.29, 0.717) is 21.5 Å². The summed E-state index contributed by atoms with van der Waals surface area (Å²) in [7, 11) is 1.06. The van der Waals surface area contributed by atoms with E-state index in [0.717, 1.165) is 12.0 Å². The molecule has 5 rings (SSSR count). The van der Waals surface area contributed by atoms with Gasteiger partial charge >= 0.3 is 17.9 Å². The molecule has 1 aromatic heterocycles. The van der Waals surface area contributed by atoms with Crippen LogP contribution in [-0.4, -0.2) is 80.6 Å². The molecule has 2 unspecified atom stereocenters. The van der Waals surface area contributed by atoms with E-state index in [1.807, 2.05) is 0 Å². The number of thioether (sulfide) groups is 1. The minimum atomic E-state index is -1.32. The number of ether oxygens (including phenoxy) is 2. The van der Waals surface area contributed by atoms with Gasteiger partial charge in [-0.15, -0.1) is 11.8 Å². The summed E-state index contributed by atoms with van der Waals surface area (Å²) < 4.78 is 15.0. The van der Waals surface area contributed by atoms with Crippen LogP contribution in [0.5, 0.6) is 5.75 Å². The van der Waals surface area contributed by atoms with Gasteiger partial charge in [-0.2, -0.15) is 0 Å². The van der Waals surface area contributed by atoms with Crippen molar-refractivity contribution in [2.45, 2.75) is 43.9 Å². The van der Waals surface area contributed by atoms with Crippen molar-refractivity contribution >= 4 is 58.5 Å². The van der Waals surface area contributed by atoms with Crippen LogP contribution in [0.25, 0.3) is 11.0 Å². The van der Waals surface area contributed by atoms with E-state index >= 15 is 0 Å². The molecule has 18 heteroatoms. The molecule has 2 aliphatic heterocycles. The summed E-state index contributed by atoms with van der Waals surface area (Å²) in [6.07, 6.45) is -1.12. The van der Waals surface area contributed by atoms with Gasteiger partial charge in [-0.3, -0.25) is 28.9 Å². The maximum Gasteiger partial charge on any atom is 0.513 e. The topological polar surface area (TPSA) is 233 Å². The molecule has 3 aromatic rings. The van der Waals surface area contributed by atoms with Crippen molar-refractivity contribution in [1.82, 2.24) is 25.4 Å². The molecule has 17 nitrogen and oxygen atoms in total. The number of carboxylic acids is 1. The molecule has 3 heterocycles. The monoisotopic (exact) mass is 695 g/mol. The molecule has 4 N–H and O–H groups in total. The number of carbonyl (C=O) groups excluding carboxylic acids is 5. The van der Waals surface area contributed by atoms with Crippen molar-refractivity contribution in [3.05, 3.63) is 86.3 Å². The highest BCUT2D eigenvalue weighted by atomic mass is 32.2. The third-order valence-electron chi connectivity index (χ3n) is 7.64. The molecule has 49 heavy (non-hydrogen) atoms. The minimum absolute atomic E-state index is 0.127. The van der Waals surface area contributed by atoms with Crippen LogP contribution in [0.4, 0.5) is 4.79 Å². The third-order valence-corrected chi connectivity index (χ3v) is 9.06. The number of benzene rings is 2. The van der Waals surface area contributed by atoms with Gasteiger partial charge in [0.25, 0.3) is 11.5 Å². The minimum Gasteiger partial charge on any atom is -0.477 e. The number of amides is 4. The number of rotatable bonds is 10. The lowest BCUT2D eigenvalue weighted by molar-refractivity contribution is -0.151. The van der Waals surface area contributed by atoms with Gasteiger partial charge in [0.2, 0.25) is 17.7 Å². The molecule has 4 amide bonds. The Bertz CT molecular complexity index is 2020. The zero-order valence-electron chi connectivity index (χ0n) is 26.1. The number of aliphatic carboxylic acids is 1. The van der Waals surface area contributed by atoms with E-state index in [-0.39, 0.29) is 22.4 Å². The smallest absolute Gasteiger partial charge is 0.477 e. The normalized spacial score (nSPS) is 18.0. The van der Waals surface area contributed by atoms with Crippen molar-refractivity contribution in [2.75, 3.05) is 12.9 Å². The largest absolute Gasteiger partial charge is 0.513 e. The van der Waals surface area contributed by atoms with Crippen molar-refractivity contribution in [3.8, 4) is 5.75 Å². The molecule has 0 bridgehead atoms. The zero-order chi connectivity index (χ0) is 35.6. The number of fused-ring (bicyclic) bond motifs is 2. The predicted octanol–water partition coefficient (Wildman–Crippen LogP) is 0.221. The number of hydrogen-bond donors (Lipinski definition) is 4. The summed E-state index contributed by atoms with van der Waals surface area (Å²) in [4.78, 5) is 103.